The monoisotopic (exact) mass is 388 g/mol. The van der Waals surface area contributed by atoms with Crippen LogP contribution < -0.4 is 16.4 Å². The maximum atomic E-state index is 13.0. The first-order chi connectivity index (χ1) is 11.5. The van der Waals surface area contributed by atoms with E-state index in [9.17, 15) is 9.59 Å². The second-order valence-corrected chi connectivity index (χ2v) is 6.45. The Morgan fingerprint density at radius 2 is 2.24 bits per heavy atom. The highest BCUT2D eigenvalue weighted by Gasteiger charge is 2.32. The number of rotatable bonds is 6. The van der Waals surface area contributed by atoms with Crippen LogP contribution in [0.3, 0.4) is 0 Å². The first-order valence-electron chi connectivity index (χ1n) is 8.35. The Kier molecular flexibility index (Phi) is 9.03. The summed E-state index contributed by atoms with van der Waals surface area (Å²) in [5, 5.41) is 6.55. The topological polar surface area (TPSA) is 87.5 Å². The van der Waals surface area contributed by atoms with Gasteiger partial charge in [0.25, 0.3) is 0 Å². The summed E-state index contributed by atoms with van der Waals surface area (Å²) in [5.41, 5.74) is 6.23. The summed E-state index contributed by atoms with van der Waals surface area (Å²) in [6.07, 6.45) is 2.39. The zero-order valence-electron chi connectivity index (χ0n) is 14.3. The van der Waals surface area contributed by atoms with Crippen LogP contribution in [-0.4, -0.2) is 42.5 Å². The Morgan fingerprint density at radius 3 is 2.88 bits per heavy atom. The van der Waals surface area contributed by atoms with Gasteiger partial charge in [-0.2, -0.15) is 0 Å². The first-order valence-corrected chi connectivity index (χ1v) is 8.73. The number of urea groups is 1. The smallest absolute Gasteiger partial charge is 0.312 e. The van der Waals surface area contributed by atoms with Crippen LogP contribution in [0.5, 0.6) is 0 Å². The van der Waals surface area contributed by atoms with Crippen molar-refractivity contribution < 1.29 is 9.59 Å². The predicted octanol–water partition coefficient (Wildman–Crippen LogP) is 2.46. The molecule has 1 aromatic rings. The Hall–Kier alpha value is -1.50. The van der Waals surface area contributed by atoms with Gasteiger partial charge in [-0.1, -0.05) is 43.5 Å². The number of carbonyl (C=O) groups is 2. The number of nitrogens with two attached hydrogens (primary N) is 1. The predicted molar refractivity (Wildman–Crippen MR) is 102 cm³/mol. The van der Waals surface area contributed by atoms with Crippen LogP contribution in [0.25, 0.3) is 0 Å². The molecule has 6 nitrogen and oxygen atoms in total. The summed E-state index contributed by atoms with van der Waals surface area (Å²) in [6, 6.07) is 6.18. The Bertz CT molecular complexity index is 586. The van der Waals surface area contributed by atoms with Gasteiger partial charge in [0.05, 0.1) is 6.04 Å². The van der Waals surface area contributed by atoms with Crippen LogP contribution in [-0.2, 0) is 4.79 Å². The number of nitrogens with zero attached hydrogens (tertiary/aromatic N) is 1. The van der Waals surface area contributed by atoms with Gasteiger partial charge >= 0.3 is 6.03 Å². The molecule has 1 saturated heterocycles. The zero-order valence-corrected chi connectivity index (χ0v) is 15.9. The minimum Gasteiger partial charge on any atom is -0.352 e. The number of carbonyl (C=O) groups excluding carboxylic acids is 2. The molecule has 1 aromatic carbocycles. The van der Waals surface area contributed by atoms with E-state index >= 15 is 0 Å². The first kappa shape index (κ1) is 21.5. The third kappa shape index (κ3) is 6.06. The van der Waals surface area contributed by atoms with E-state index in [1.165, 1.54) is 0 Å². The molecule has 0 saturated carbocycles. The maximum Gasteiger partial charge on any atom is 0.312 e. The highest BCUT2D eigenvalue weighted by Crippen LogP contribution is 2.25. The molecule has 0 radical (unpaired) electrons. The molecule has 2 unspecified atom stereocenters. The second kappa shape index (κ2) is 10.5. The summed E-state index contributed by atoms with van der Waals surface area (Å²) >= 11 is 6.09. The average molecular weight is 389 g/mol. The summed E-state index contributed by atoms with van der Waals surface area (Å²) in [4.78, 5) is 26.1. The molecule has 1 aliphatic heterocycles. The van der Waals surface area contributed by atoms with E-state index in [2.05, 4.69) is 10.6 Å². The number of primary amides is 1. The van der Waals surface area contributed by atoms with Gasteiger partial charge in [0.2, 0.25) is 5.91 Å². The molecule has 1 aliphatic rings. The van der Waals surface area contributed by atoms with Crippen LogP contribution in [0.2, 0.25) is 5.02 Å². The van der Waals surface area contributed by atoms with E-state index in [0.29, 0.717) is 24.5 Å². The lowest BCUT2D eigenvalue weighted by atomic mass is 10.0. The molecule has 0 aliphatic carbocycles. The fraction of sp³-hybridized carbons (Fsp3) is 0.529. The van der Waals surface area contributed by atoms with Gasteiger partial charge in [-0.15, -0.1) is 12.4 Å². The molecule has 0 bridgehead atoms. The van der Waals surface area contributed by atoms with Gasteiger partial charge in [-0.25, -0.2) is 4.79 Å². The number of nitrogens with one attached hydrogen (secondary N) is 2. The molecular weight excluding hydrogens is 363 g/mol. The SMILES string of the molecule is CCCCC(NC(N)=O)C(=O)N1CCNCC1c1cccc(Cl)c1.Cl. The van der Waals surface area contributed by atoms with E-state index in [1.54, 1.807) is 0 Å². The average Bonchev–Trinajstić information content (AvgIpc) is 2.57. The lowest BCUT2D eigenvalue weighted by molar-refractivity contribution is -0.136. The number of benzene rings is 1. The third-order valence-electron chi connectivity index (χ3n) is 4.22. The van der Waals surface area contributed by atoms with Crippen molar-refractivity contribution in [1.82, 2.24) is 15.5 Å². The van der Waals surface area contributed by atoms with Crippen LogP contribution >= 0.6 is 24.0 Å². The van der Waals surface area contributed by atoms with Crippen LogP contribution in [0.15, 0.2) is 24.3 Å². The minimum atomic E-state index is -0.668. The molecule has 2 rings (SSSR count). The molecule has 2 atom stereocenters. The van der Waals surface area contributed by atoms with E-state index in [0.717, 1.165) is 24.9 Å². The van der Waals surface area contributed by atoms with Crippen molar-refractivity contribution in [1.29, 1.82) is 0 Å². The highest BCUT2D eigenvalue weighted by atomic mass is 35.5. The van der Waals surface area contributed by atoms with Crippen molar-refractivity contribution in [3.8, 4) is 0 Å². The van der Waals surface area contributed by atoms with E-state index in [-0.39, 0.29) is 24.4 Å². The highest BCUT2D eigenvalue weighted by molar-refractivity contribution is 6.30. The van der Waals surface area contributed by atoms with Gasteiger partial charge in [0.1, 0.15) is 6.04 Å². The number of unbranched alkanes of at least 4 members (excludes halogenated alkanes) is 1. The molecule has 1 heterocycles. The van der Waals surface area contributed by atoms with Crippen LogP contribution in [0.4, 0.5) is 4.79 Å². The van der Waals surface area contributed by atoms with Crippen LogP contribution in [0.1, 0.15) is 37.8 Å². The van der Waals surface area contributed by atoms with E-state index in [1.807, 2.05) is 36.1 Å². The normalized spacial score (nSPS) is 18.2. The molecule has 140 valence electrons. The van der Waals surface area contributed by atoms with Crippen molar-refractivity contribution in [3.05, 3.63) is 34.9 Å². The maximum absolute atomic E-state index is 13.0. The van der Waals surface area contributed by atoms with Gasteiger partial charge < -0.3 is 21.3 Å². The molecule has 25 heavy (non-hydrogen) atoms. The number of piperazine rings is 1. The molecule has 4 N–H and O–H groups in total. The van der Waals surface area contributed by atoms with Crippen molar-refractivity contribution >= 4 is 35.9 Å². The van der Waals surface area contributed by atoms with Crippen molar-refractivity contribution in [2.24, 2.45) is 5.73 Å². The Morgan fingerprint density at radius 1 is 1.48 bits per heavy atom. The lowest BCUT2D eigenvalue weighted by Gasteiger charge is -2.38. The largest absolute Gasteiger partial charge is 0.352 e. The standard InChI is InChI=1S/C17H25ClN4O2.ClH/c1-2-3-7-14(21-17(19)24)16(23)22-9-8-20-11-15(22)12-5-4-6-13(18)10-12;/h4-6,10,14-15,20H,2-3,7-9,11H2,1H3,(H3,19,21,24);1H. The van der Waals surface area contributed by atoms with Crippen molar-refractivity contribution in [2.75, 3.05) is 19.6 Å². The molecular formula is C17H26Cl2N4O2. The second-order valence-electron chi connectivity index (χ2n) is 6.01. The summed E-state index contributed by atoms with van der Waals surface area (Å²) < 4.78 is 0. The fourth-order valence-electron chi connectivity index (χ4n) is 3.02. The summed E-state index contributed by atoms with van der Waals surface area (Å²) in [7, 11) is 0. The van der Waals surface area contributed by atoms with E-state index in [4.69, 9.17) is 17.3 Å². The van der Waals surface area contributed by atoms with Gasteiger partial charge in [-0.05, 0) is 24.1 Å². The number of halogens is 2. The molecule has 3 amide bonds. The quantitative estimate of drug-likeness (QED) is 0.699. The number of amides is 3. The molecule has 8 heteroatoms. The summed E-state index contributed by atoms with van der Waals surface area (Å²) in [5.74, 6) is -0.0891. The number of hydrogen-bond acceptors (Lipinski definition) is 3. The van der Waals surface area contributed by atoms with Gasteiger partial charge in [0.15, 0.2) is 0 Å². The molecule has 1 fully saturated rings. The third-order valence-corrected chi connectivity index (χ3v) is 4.46. The molecule has 0 aromatic heterocycles. The summed E-state index contributed by atoms with van der Waals surface area (Å²) in [6.45, 7) is 4.01. The zero-order chi connectivity index (χ0) is 17.5. The van der Waals surface area contributed by atoms with Crippen molar-refractivity contribution in [2.45, 2.75) is 38.3 Å². The van der Waals surface area contributed by atoms with Gasteiger partial charge in [-0.3, -0.25) is 4.79 Å². The van der Waals surface area contributed by atoms with Gasteiger partial charge in [0, 0.05) is 24.7 Å². The van der Waals surface area contributed by atoms with Crippen molar-refractivity contribution in [3.63, 3.8) is 0 Å². The Balaban J connectivity index is 0.00000312. The molecule has 0 spiro atoms. The number of hydrogen-bond donors (Lipinski definition) is 3. The minimum absolute atomic E-state index is 0. The fourth-order valence-corrected chi connectivity index (χ4v) is 3.22. The van der Waals surface area contributed by atoms with E-state index < -0.39 is 12.1 Å². The van der Waals surface area contributed by atoms with Crippen LogP contribution in [0, 0.1) is 0 Å². The Labute approximate surface area is 159 Å². The lowest BCUT2D eigenvalue weighted by Crippen LogP contribution is -2.56.